The Bertz CT molecular complexity index is 579. The molecule has 1 atom stereocenters. The molecule has 1 aromatic heterocycles. The molecule has 1 unspecified atom stereocenters. The highest BCUT2D eigenvalue weighted by Gasteiger charge is 2.17. The quantitative estimate of drug-likeness (QED) is 0.894. The van der Waals surface area contributed by atoms with E-state index in [9.17, 15) is 0 Å². The molecule has 0 bridgehead atoms. The Kier molecular flexibility index (Phi) is 3.38. The van der Waals surface area contributed by atoms with Crippen molar-refractivity contribution in [3.05, 3.63) is 36.0 Å². The van der Waals surface area contributed by atoms with Gasteiger partial charge < -0.3 is 10.2 Å². The third-order valence-electron chi connectivity index (χ3n) is 3.83. The van der Waals surface area contributed by atoms with E-state index in [2.05, 4.69) is 53.4 Å². The van der Waals surface area contributed by atoms with Crippen molar-refractivity contribution in [1.29, 1.82) is 0 Å². The Balaban J connectivity index is 1.91. The highest BCUT2D eigenvalue weighted by Crippen LogP contribution is 2.25. The van der Waals surface area contributed by atoms with Gasteiger partial charge in [0.15, 0.2) is 0 Å². The van der Waals surface area contributed by atoms with Gasteiger partial charge in [-0.2, -0.15) is 0 Å². The molecular weight excluding hydrogens is 234 g/mol. The lowest BCUT2D eigenvalue weighted by Gasteiger charge is -2.31. The fourth-order valence-corrected chi connectivity index (χ4v) is 2.93. The molecule has 1 saturated heterocycles. The summed E-state index contributed by atoms with van der Waals surface area (Å²) >= 11 is 0. The summed E-state index contributed by atoms with van der Waals surface area (Å²) in [5.41, 5.74) is 3.38. The van der Waals surface area contributed by atoms with Gasteiger partial charge in [-0.15, -0.1) is 0 Å². The van der Waals surface area contributed by atoms with Crippen LogP contribution in [-0.4, -0.2) is 36.1 Å². The van der Waals surface area contributed by atoms with Gasteiger partial charge >= 0.3 is 0 Å². The average molecular weight is 255 g/mol. The standard InChI is InChI=1S/C16H21N3/c1-12-10-16(14-7-3-4-8-15(14)17-12)18-13-6-5-9-19(2)11-13/h3-4,7-8,10,13H,5-6,9,11H2,1-2H3,(H,17,18). The van der Waals surface area contributed by atoms with Crippen LogP contribution in [0.4, 0.5) is 5.69 Å². The Hall–Kier alpha value is -1.61. The Morgan fingerprint density at radius 1 is 1.32 bits per heavy atom. The summed E-state index contributed by atoms with van der Waals surface area (Å²) in [6, 6.07) is 11.1. The van der Waals surface area contributed by atoms with E-state index in [0.717, 1.165) is 17.8 Å². The maximum absolute atomic E-state index is 4.59. The molecule has 1 aliphatic rings. The number of benzene rings is 1. The van der Waals surface area contributed by atoms with Gasteiger partial charge in [-0.3, -0.25) is 4.98 Å². The van der Waals surface area contributed by atoms with Crippen LogP contribution in [0.2, 0.25) is 0 Å². The van der Waals surface area contributed by atoms with Gasteiger partial charge in [-0.05, 0) is 45.5 Å². The maximum atomic E-state index is 4.59. The number of nitrogens with zero attached hydrogens (tertiary/aromatic N) is 2. The molecule has 3 rings (SSSR count). The first-order chi connectivity index (χ1) is 9.22. The molecule has 1 aliphatic heterocycles. The molecule has 0 amide bonds. The molecule has 3 heteroatoms. The summed E-state index contributed by atoms with van der Waals surface area (Å²) in [5, 5.41) is 4.94. The van der Waals surface area contributed by atoms with E-state index in [0.29, 0.717) is 6.04 Å². The normalized spacial score (nSPS) is 20.6. The highest BCUT2D eigenvalue weighted by molar-refractivity contribution is 5.91. The van der Waals surface area contributed by atoms with Crippen LogP contribution in [0.5, 0.6) is 0 Å². The minimum absolute atomic E-state index is 0.545. The zero-order chi connectivity index (χ0) is 13.2. The van der Waals surface area contributed by atoms with Gasteiger partial charge in [0.2, 0.25) is 0 Å². The second kappa shape index (κ2) is 5.17. The number of aromatic nitrogens is 1. The number of rotatable bonds is 2. The van der Waals surface area contributed by atoms with Crippen molar-refractivity contribution in [1.82, 2.24) is 9.88 Å². The van der Waals surface area contributed by atoms with Crippen LogP contribution in [0.3, 0.4) is 0 Å². The number of likely N-dealkylation sites (tertiary alicyclic amines) is 1. The van der Waals surface area contributed by atoms with Crippen LogP contribution in [0.15, 0.2) is 30.3 Å². The van der Waals surface area contributed by atoms with Crippen LogP contribution < -0.4 is 5.32 Å². The zero-order valence-electron chi connectivity index (χ0n) is 11.7. The minimum atomic E-state index is 0.545. The summed E-state index contributed by atoms with van der Waals surface area (Å²) in [6.07, 6.45) is 2.52. The summed E-state index contributed by atoms with van der Waals surface area (Å²) in [6.45, 7) is 4.40. The number of likely N-dealkylation sites (N-methyl/N-ethyl adjacent to an activating group) is 1. The first kappa shape index (κ1) is 12.4. The molecule has 1 N–H and O–H groups in total. The minimum Gasteiger partial charge on any atom is -0.380 e. The van der Waals surface area contributed by atoms with E-state index in [1.165, 1.54) is 30.5 Å². The van der Waals surface area contributed by atoms with Crippen molar-refractivity contribution >= 4 is 16.6 Å². The largest absolute Gasteiger partial charge is 0.380 e. The van der Waals surface area contributed by atoms with Crippen LogP contribution in [-0.2, 0) is 0 Å². The number of fused-ring (bicyclic) bond motifs is 1. The van der Waals surface area contributed by atoms with E-state index in [1.54, 1.807) is 0 Å². The molecule has 2 aromatic rings. The lowest BCUT2D eigenvalue weighted by atomic mass is 10.0. The first-order valence-corrected chi connectivity index (χ1v) is 7.04. The molecule has 0 saturated carbocycles. The Morgan fingerprint density at radius 2 is 2.16 bits per heavy atom. The molecule has 0 spiro atoms. The second-order valence-electron chi connectivity index (χ2n) is 5.57. The molecule has 100 valence electrons. The van der Waals surface area contributed by atoms with Crippen molar-refractivity contribution in [2.24, 2.45) is 0 Å². The highest BCUT2D eigenvalue weighted by atomic mass is 15.1. The molecular formula is C16H21N3. The van der Waals surface area contributed by atoms with Crippen LogP contribution in [0, 0.1) is 6.92 Å². The Morgan fingerprint density at radius 3 is 3.00 bits per heavy atom. The number of anilines is 1. The van der Waals surface area contributed by atoms with E-state index in [4.69, 9.17) is 0 Å². The fraction of sp³-hybridized carbons (Fsp3) is 0.438. The molecule has 3 nitrogen and oxygen atoms in total. The van der Waals surface area contributed by atoms with Crippen molar-refractivity contribution < 1.29 is 0 Å². The molecule has 0 aliphatic carbocycles. The van der Waals surface area contributed by atoms with Crippen LogP contribution in [0.1, 0.15) is 18.5 Å². The number of nitrogens with one attached hydrogen (secondary N) is 1. The van der Waals surface area contributed by atoms with E-state index in [1.807, 2.05) is 6.07 Å². The second-order valence-corrected chi connectivity index (χ2v) is 5.57. The number of hydrogen-bond acceptors (Lipinski definition) is 3. The van der Waals surface area contributed by atoms with Crippen molar-refractivity contribution in [3.8, 4) is 0 Å². The lowest BCUT2D eigenvalue weighted by Crippen LogP contribution is -2.39. The predicted molar refractivity (Wildman–Crippen MR) is 80.6 cm³/mol. The van der Waals surface area contributed by atoms with Crippen molar-refractivity contribution in [2.45, 2.75) is 25.8 Å². The smallest absolute Gasteiger partial charge is 0.0725 e. The van der Waals surface area contributed by atoms with E-state index < -0.39 is 0 Å². The van der Waals surface area contributed by atoms with E-state index in [-0.39, 0.29) is 0 Å². The van der Waals surface area contributed by atoms with E-state index >= 15 is 0 Å². The molecule has 0 radical (unpaired) electrons. The van der Waals surface area contributed by atoms with Gasteiger partial charge in [0.1, 0.15) is 0 Å². The number of aryl methyl sites for hydroxylation is 1. The van der Waals surface area contributed by atoms with Crippen molar-refractivity contribution in [3.63, 3.8) is 0 Å². The number of hydrogen-bond donors (Lipinski definition) is 1. The maximum Gasteiger partial charge on any atom is 0.0725 e. The fourth-order valence-electron chi connectivity index (χ4n) is 2.93. The predicted octanol–water partition coefficient (Wildman–Crippen LogP) is 3.05. The molecule has 1 aromatic carbocycles. The summed E-state index contributed by atoms with van der Waals surface area (Å²) in [5.74, 6) is 0. The average Bonchev–Trinajstić information content (AvgIpc) is 2.38. The van der Waals surface area contributed by atoms with Gasteiger partial charge in [0.25, 0.3) is 0 Å². The molecule has 2 heterocycles. The third-order valence-corrected chi connectivity index (χ3v) is 3.83. The van der Waals surface area contributed by atoms with Crippen LogP contribution in [0.25, 0.3) is 10.9 Å². The van der Waals surface area contributed by atoms with Gasteiger partial charge in [-0.1, -0.05) is 18.2 Å². The number of para-hydroxylation sites is 1. The number of pyridine rings is 1. The zero-order valence-corrected chi connectivity index (χ0v) is 11.7. The lowest BCUT2D eigenvalue weighted by molar-refractivity contribution is 0.261. The molecule has 19 heavy (non-hydrogen) atoms. The summed E-state index contributed by atoms with van der Waals surface area (Å²) in [7, 11) is 2.20. The Labute approximate surface area is 114 Å². The summed E-state index contributed by atoms with van der Waals surface area (Å²) < 4.78 is 0. The first-order valence-electron chi connectivity index (χ1n) is 7.04. The molecule has 1 fully saturated rings. The monoisotopic (exact) mass is 255 g/mol. The van der Waals surface area contributed by atoms with Gasteiger partial charge in [-0.25, -0.2) is 0 Å². The number of piperidine rings is 1. The SMILES string of the molecule is Cc1cc(NC2CCCN(C)C2)c2ccccc2n1. The van der Waals surface area contributed by atoms with Crippen LogP contribution >= 0.6 is 0 Å². The van der Waals surface area contributed by atoms with Gasteiger partial charge in [0.05, 0.1) is 5.52 Å². The van der Waals surface area contributed by atoms with Crippen molar-refractivity contribution in [2.75, 3.05) is 25.5 Å². The third kappa shape index (κ3) is 2.71. The van der Waals surface area contributed by atoms with Gasteiger partial charge in [0, 0.05) is 29.4 Å². The topological polar surface area (TPSA) is 28.2 Å². The summed E-state index contributed by atoms with van der Waals surface area (Å²) in [4.78, 5) is 6.99.